The Morgan fingerprint density at radius 1 is 1.19 bits per heavy atom. The molecule has 3 rings (SSSR count). The van der Waals surface area contributed by atoms with Crippen LogP contribution in [0.2, 0.25) is 5.02 Å². The molecule has 0 fully saturated rings. The molecular weight excluding hydrogens is 459 g/mol. The fraction of sp³-hybridized carbons (Fsp3) is 0.286. The lowest BCUT2D eigenvalue weighted by molar-refractivity contribution is 0.412. The smallest absolute Gasteiger partial charge is 0.324 e. The molecular formula is C21H22ClFN4O4S. The van der Waals surface area contributed by atoms with Gasteiger partial charge < -0.3 is 9.30 Å². The summed E-state index contributed by atoms with van der Waals surface area (Å²) < 4.78 is 49.0. The number of anilines is 1. The number of aromatic nitrogens is 3. The van der Waals surface area contributed by atoms with Gasteiger partial charge in [0, 0.05) is 30.9 Å². The molecule has 0 aliphatic heterocycles. The third-order valence-corrected chi connectivity index (χ3v) is 7.13. The molecule has 8 nitrogen and oxygen atoms in total. The highest BCUT2D eigenvalue weighted by Crippen LogP contribution is 2.32. The molecule has 2 heterocycles. The number of halogens is 2. The second-order valence-corrected chi connectivity index (χ2v) is 9.39. The summed E-state index contributed by atoms with van der Waals surface area (Å²) in [5.41, 5.74) is 0.536. The molecule has 0 unspecified atom stereocenters. The molecule has 0 aliphatic carbocycles. The number of nitrogens with zero attached hydrogens (tertiary/aromatic N) is 3. The highest BCUT2D eigenvalue weighted by molar-refractivity contribution is 7.93. The summed E-state index contributed by atoms with van der Waals surface area (Å²) in [5.74, 6) is -1.08. The maximum absolute atomic E-state index is 14.2. The molecule has 11 heteroatoms. The minimum Gasteiger partial charge on any atom is -0.419 e. The van der Waals surface area contributed by atoms with Crippen molar-refractivity contribution in [1.82, 2.24) is 14.5 Å². The van der Waals surface area contributed by atoms with Gasteiger partial charge in [-0.15, -0.1) is 0 Å². The predicted molar refractivity (Wildman–Crippen MR) is 121 cm³/mol. The van der Waals surface area contributed by atoms with Crippen LogP contribution in [0.25, 0.3) is 11.3 Å². The van der Waals surface area contributed by atoms with E-state index in [9.17, 15) is 17.6 Å². The number of sulfonamides is 1. The number of rotatable bonds is 8. The van der Waals surface area contributed by atoms with Crippen molar-refractivity contribution >= 4 is 27.4 Å². The normalized spacial score (nSPS) is 11.6. The number of para-hydroxylation sites is 1. The number of ether oxygens (including phenoxy) is 1. The molecule has 32 heavy (non-hydrogen) atoms. The van der Waals surface area contributed by atoms with Crippen molar-refractivity contribution in [2.45, 2.75) is 31.9 Å². The summed E-state index contributed by atoms with van der Waals surface area (Å²) >= 11 is 6.03. The number of hydrogen-bond donors (Lipinski definition) is 1. The fourth-order valence-corrected chi connectivity index (χ4v) is 4.69. The van der Waals surface area contributed by atoms with Crippen LogP contribution >= 0.6 is 11.6 Å². The van der Waals surface area contributed by atoms with Gasteiger partial charge in [-0.2, -0.15) is 9.97 Å². The number of hydrogen-bond acceptors (Lipinski definition) is 6. The van der Waals surface area contributed by atoms with Gasteiger partial charge in [-0.25, -0.2) is 12.8 Å². The molecule has 0 atom stereocenters. The summed E-state index contributed by atoms with van der Waals surface area (Å²) in [6, 6.07) is 7.99. The Morgan fingerprint density at radius 3 is 2.53 bits per heavy atom. The van der Waals surface area contributed by atoms with Crippen molar-refractivity contribution < 1.29 is 17.5 Å². The maximum atomic E-state index is 14.2. The predicted octanol–water partition coefficient (Wildman–Crippen LogP) is 4.36. The zero-order chi connectivity index (χ0) is 23.5. The fourth-order valence-electron chi connectivity index (χ4n) is 3.04. The van der Waals surface area contributed by atoms with E-state index in [2.05, 4.69) is 14.7 Å². The lowest BCUT2D eigenvalue weighted by atomic mass is 10.2. The second kappa shape index (κ2) is 9.66. The Morgan fingerprint density at radius 2 is 1.91 bits per heavy atom. The lowest BCUT2D eigenvalue weighted by Gasteiger charge is -2.16. The van der Waals surface area contributed by atoms with Crippen LogP contribution in [0.15, 0.2) is 47.4 Å². The number of nitrogens with one attached hydrogen (secondary N) is 1. The largest absolute Gasteiger partial charge is 0.419 e. The van der Waals surface area contributed by atoms with Crippen LogP contribution in [-0.4, -0.2) is 28.2 Å². The first-order valence-corrected chi connectivity index (χ1v) is 11.8. The Hall–Kier alpha value is -2.98. The summed E-state index contributed by atoms with van der Waals surface area (Å²) in [6.45, 7) is 3.55. The first-order chi connectivity index (χ1) is 15.1. The third-order valence-electron chi connectivity index (χ3n) is 4.80. The van der Waals surface area contributed by atoms with Crippen LogP contribution in [0.3, 0.4) is 0 Å². The van der Waals surface area contributed by atoms with E-state index < -0.39 is 21.1 Å². The van der Waals surface area contributed by atoms with Gasteiger partial charge in [0.1, 0.15) is 5.82 Å². The van der Waals surface area contributed by atoms with Gasteiger partial charge in [0.15, 0.2) is 11.6 Å². The van der Waals surface area contributed by atoms with E-state index in [1.54, 1.807) is 20.9 Å². The van der Waals surface area contributed by atoms with Gasteiger partial charge in [0.2, 0.25) is 15.6 Å². The first-order valence-electron chi connectivity index (χ1n) is 9.84. The van der Waals surface area contributed by atoms with E-state index >= 15 is 0 Å². The van der Waals surface area contributed by atoms with E-state index in [1.165, 1.54) is 41.1 Å². The SMILES string of the molecule is CCC(CC)S(=O)(=O)Nc1cc(-c2ccc(=O)n(C)c2)nc(Oc2c(F)cccc2Cl)n1. The quantitative estimate of drug-likeness (QED) is 0.514. The van der Waals surface area contributed by atoms with Crippen molar-refractivity contribution in [3.8, 4) is 23.0 Å². The molecule has 2 aromatic heterocycles. The molecule has 0 amide bonds. The Labute approximate surface area is 190 Å². The van der Waals surface area contributed by atoms with Crippen LogP contribution in [0.4, 0.5) is 10.2 Å². The molecule has 0 aliphatic rings. The third kappa shape index (κ3) is 5.25. The number of aryl methyl sites for hydroxylation is 1. The van der Waals surface area contributed by atoms with Crippen LogP contribution in [0.5, 0.6) is 11.8 Å². The Bertz CT molecular complexity index is 1270. The molecule has 0 bridgehead atoms. The van der Waals surface area contributed by atoms with Crippen molar-refractivity contribution in [3.63, 3.8) is 0 Å². The molecule has 3 aromatic rings. The summed E-state index contributed by atoms with van der Waals surface area (Å²) in [6.07, 6.45) is 2.36. The molecule has 1 aromatic carbocycles. The van der Waals surface area contributed by atoms with Crippen molar-refractivity contribution in [1.29, 1.82) is 0 Å². The minimum absolute atomic E-state index is 0.000251. The minimum atomic E-state index is -3.75. The van der Waals surface area contributed by atoms with Crippen molar-refractivity contribution in [2.24, 2.45) is 7.05 Å². The lowest BCUT2D eigenvalue weighted by Crippen LogP contribution is -2.27. The van der Waals surface area contributed by atoms with Gasteiger partial charge in [-0.05, 0) is 31.0 Å². The molecule has 0 saturated heterocycles. The van der Waals surface area contributed by atoms with Gasteiger partial charge >= 0.3 is 6.01 Å². The number of pyridine rings is 1. The van der Waals surface area contributed by atoms with E-state index in [-0.39, 0.29) is 33.9 Å². The topological polar surface area (TPSA) is 103 Å². The molecule has 1 N–H and O–H groups in total. The molecule has 0 radical (unpaired) electrons. The average molecular weight is 481 g/mol. The van der Waals surface area contributed by atoms with Gasteiger partial charge in [-0.3, -0.25) is 9.52 Å². The number of benzene rings is 1. The molecule has 170 valence electrons. The highest BCUT2D eigenvalue weighted by Gasteiger charge is 2.23. The van der Waals surface area contributed by atoms with Crippen LogP contribution in [0.1, 0.15) is 26.7 Å². The zero-order valence-corrected chi connectivity index (χ0v) is 19.2. The highest BCUT2D eigenvalue weighted by atomic mass is 35.5. The first kappa shape index (κ1) is 23.7. The van der Waals surface area contributed by atoms with E-state index in [0.717, 1.165) is 6.07 Å². The van der Waals surface area contributed by atoms with E-state index in [0.29, 0.717) is 18.4 Å². The molecule has 0 saturated carbocycles. The van der Waals surface area contributed by atoms with Crippen LogP contribution < -0.4 is 15.0 Å². The van der Waals surface area contributed by atoms with Crippen LogP contribution in [0, 0.1) is 5.82 Å². The second-order valence-electron chi connectivity index (χ2n) is 7.03. The Balaban J connectivity index is 2.11. The Kier molecular flexibility index (Phi) is 7.15. The summed E-state index contributed by atoms with van der Waals surface area (Å²) in [4.78, 5) is 20.1. The van der Waals surface area contributed by atoms with Gasteiger partial charge in [-0.1, -0.05) is 31.5 Å². The van der Waals surface area contributed by atoms with E-state index in [1.807, 2.05) is 0 Å². The summed E-state index contributed by atoms with van der Waals surface area (Å²) in [5, 5.41) is -0.621. The summed E-state index contributed by atoms with van der Waals surface area (Å²) in [7, 11) is -2.18. The average Bonchev–Trinajstić information content (AvgIpc) is 2.73. The maximum Gasteiger partial charge on any atom is 0.324 e. The van der Waals surface area contributed by atoms with Crippen molar-refractivity contribution in [3.05, 3.63) is 63.8 Å². The van der Waals surface area contributed by atoms with Gasteiger partial charge in [0.25, 0.3) is 0 Å². The monoisotopic (exact) mass is 480 g/mol. The van der Waals surface area contributed by atoms with Crippen molar-refractivity contribution in [2.75, 3.05) is 4.72 Å². The van der Waals surface area contributed by atoms with Crippen LogP contribution in [-0.2, 0) is 17.1 Å². The van der Waals surface area contributed by atoms with E-state index in [4.69, 9.17) is 16.3 Å². The standard InChI is InChI=1S/C21H22ClFN4O4S/c1-4-14(5-2)32(29,30)26-18-11-17(13-9-10-19(28)27(3)12-13)24-21(25-18)31-20-15(22)7-6-8-16(20)23/h6-12,14H,4-5H2,1-3H3,(H,24,25,26). The molecule has 0 spiro atoms. The van der Waals surface area contributed by atoms with Gasteiger partial charge in [0.05, 0.1) is 16.0 Å². The zero-order valence-electron chi connectivity index (χ0n) is 17.7.